The Bertz CT molecular complexity index is 658. The van der Waals surface area contributed by atoms with Gasteiger partial charge in [0.1, 0.15) is 0 Å². The lowest BCUT2D eigenvalue weighted by Crippen LogP contribution is -2.12. The number of hydrogen-bond acceptors (Lipinski definition) is 2. The third-order valence-electron chi connectivity index (χ3n) is 3.17. The Morgan fingerprint density at radius 2 is 2.22 bits per heavy atom. The molecule has 0 aliphatic heterocycles. The van der Waals surface area contributed by atoms with E-state index in [9.17, 15) is 0 Å². The van der Waals surface area contributed by atoms with Gasteiger partial charge in [-0.05, 0) is 35.2 Å². The second-order valence-corrected chi connectivity index (χ2v) is 5.65. The zero-order valence-electron chi connectivity index (χ0n) is 9.69. The summed E-state index contributed by atoms with van der Waals surface area (Å²) in [6.07, 6.45) is 2.04. The van der Waals surface area contributed by atoms with E-state index in [0.717, 1.165) is 15.9 Å². The first-order chi connectivity index (χ1) is 8.79. The van der Waals surface area contributed by atoms with Crippen LogP contribution in [0.5, 0.6) is 0 Å². The maximum atomic E-state index is 6.08. The molecule has 1 aromatic carbocycles. The van der Waals surface area contributed by atoms with Crippen molar-refractivity contribution in [3.05, 3.63) is 57.4 Å². The molecule has 0 fully saturated rings. The molecular weight excluding hydrogens is 264 g/mol. The fourth-order valence-electron chi connectivity index (χ4n) is 2.29. The first-order valence-corrected chi connectivity index (χ1v) is 7.05. The number of rotatable bonds is 3. The molecule has 92 valence electrons. The van der Waals surface area contributed by atoms with Crippen molar-refractivity contribution in [3.63, 3.8) is 0 Å². The third-order valence-corrected chi connectivity index (χ3v) is 4.39. The number of hydrogen-bond donors (Lipinski definition) is 2. The zero-order valence-corrected chi connectivity index (χ0v) is 11.3. The summed E-state index contributed by atoms with van der Waals surface area (Å²) in [7, 11) is 0. The van der Waals surface area contributed by atoms with Gasteiger partial charge in [0.2, 0.25) is 0 Å². The average Bonchev–Trinajstić information content (AvgIpc) is 3.01. The quantitative estimate of drug-likeness (QED) is 0.747. The Morgan fingerprint density at radius 1 is 1.33 bits per heavy atom. The van der Waals surface area contributed by atoms with Crippen LogP contribution in [-0.4, -0.2) is 11.5 Å². The van der Waals surface area contributed by atoms with E-state index >= 15 is 0 Å². The highest BCUT2D eigenvalue weighted by molar-refractivity contribution is 7.10. The Morgan fingerprint density at radius 3 is 2.94 bits per heavy atom. The molecule has 0 spiro atoms. The van der Waals surface area contributed by atoms with E-state index in [1.807, 2.05) is 24.4 Å². The molecule has 0 saturated heterocycles. The largest absolute Gasteiger partial charge is 0.361 e. The Hall–Kier alpha value is -1.29. The van der Waals surface area contributed by atoms with E-state index < -0.39 is 0 Å². The maximum absolute atomic E-state index is 6.08. The van der Waals surface area contributed by atoms with Crippen LogP contribution < -0.4 is 5.73 Å². The number of H-pyrrole nitrogens is 1. The molecule has 3 N–H and O–H groups in total. The van der Waals surface area contributed by atoms with Crippen LogP contribution in [0.4, 0.5) is 0 Å². The Balaban J connectivity index is 2.15. The van der Waals surface area contributed by atoms with Gasteiger partial charge in [-0.3, -0.25) is 0 Å². The molecule has 4 heteroatoms. The summed E-state index contributed by atoms with van der Waals surface area (Å²) in [6.45, 7) is 0.597. The molecule has 0 aliphatic rings. The topological polar surface area (TPSA) is 41.8 Å². The van der Waals surface area contributed by atoms with Crippen LogP contribution in [0.15, 0.2) is 41.9 Å². The van der Waals surface area contributed by atoms with Crippen molar-refractivity contribution >= 4 is 33.8 Å². The fraction of sp³-hybridized carbons (Fsp3) is 0.143. The summed E-state index contributed by atoms with van der Waals surface area (Å²) >= 11 is 7.82. The smallest absolute Gasteiger partial charge is 0.0458 e. The second kappa shape index (κ2) is 4.76. The van der Waals surface area contributed by atoms with Gasteiger partial charge < -0.3 is 10.7 Å². The van der Waals surface area contributed by atoms with Crippen molar-refractivity contribution in [2.24, 2.45) is 5.73 Å². The standard InChI is InChI=1S/C14H13ClN2S/c15-9-3-4-13-10(6-9)12(8-17-13)11(7-16)14-2-1-5-18-14/h1-6,8,11,17H,7,16H2. The molecule has 2 nitrogen and oxygen atoms in total. The lowest BCUT2D eigenvalue weighted by molar-refractivity contribution is 0.842. The van der Waals surface area contributed by atoms with E-state index in [2.05, 4.69) is 22.5 Å². The van der Waals surface area contributed by atoms with Crippen LogP contribution in [-0.2, 0) is 0 Å². The zero-order chi connectivity index (χ0) is 12.5. The second-order valence-electron chi connectivity index (χ2n) is 4.24. The SMILES string of the molecule is NCC(c1cccs1)c1c[nH]c2ccc(Cl)cc12. The number of thiophene rings is 1. The number of nitrogens with two attached hydrogens (primary N) is 1. The van der Waals surface area contributed by atoms with Crippen molar-refractivity contribution in [1.29, 1.82) is 0 Å². The summed E-state index contributed by atoms with van der Waals surface area (Å²) in [4.78, 5) is 4.57. The summed E-state index contributed by atoms with van der Waals surface area (Å²) in [5, 5.41) is 4.00. The summed E-state index contributed by atoms with van der Waals surface area (Å²) in [5.41, 5.74) is 8.27. The number of nitrogens with one attached hydrogen (secondary N) is 1. The van der Waals surface area contributed by atoms with Gasteiger partial charge >= 0.3 is 0 Å². The lowest BCUT2D eigenvalue weighted by Gasteiger charge is -2.12. The molecule has 1 unspecified atom stereocenters. The van der Waals surface area contributed by atoms with Crippen molar-refractivity contribution in [2.45, 2.75) is 5.92 Å². The van der Waals surface area contributed by atoms with Crippen LogP contribution in [0.1, 0.15) is 16.4 Å². The highest BCUT2D eigenvalue weighted by Crippen LogP contribution is 2.33. The minimum atomic E-state index is 0.234. The third kappa shape index (κ3) is 1.94. The predicted molar refractivity (Wildman–Crippen MR) is 78.5 cm³/mol. The van der Waals surface area contributed by atoms with Crippen molar-refractivity contribution in [1.82, 2.24) is 4.98 Å². The van der Waals surface area contributed by atoms with E-state index in [1.54, 1.807) is 11.3 Å². The summed E-state index contributed by atoms with van der Waals surface area (Å²) in [6, 6.07) is 10.1. The van der Waals surface area contributed by atoms with Crippen LogP contribution in [0.3, 0.4) is 0 Å². The first kappa shape index (κ1) is 11.8. The van der Waals surface area contributed by atoms with E-state index in [4.69, 9.17) is 17.3 Å². The van der Waals surface area contributed by atoms with Gasteiger partial charge in [0.05, 0.1) is 0 Å². The maximum Gasteiger partial charge on any atom is 0.0458 e. The lowest BCUT2D eigenvalue weighted by atomic mass is 9.97. The summed E-state index contributed by atoms with van der Waals surface area (Å²) in [5.74, 6) is 0.234. The number of benzene rings is 1. The molecule has 0 aliphatic carbocycles. The van der Waals surface area contributed by atoms with Gasteiger partial charge in [-0.15, -0.1) is 11.3 Å². The van der Waals surface area contributed by atoms with Crippen LogP contribution in [0.2, 0.25) is 5.02 Å². The van der Waals surface area contributed by atoms with E-state index in [-0.39, 0.29) is 5.92 Å². The highest BCUT2D eigenvalue weighted by atomic mass is 35.5. The van der Waals surface area contributed by atoms with Gasteiger partial charge in [-0.25, -0.2) is 0 Å². The molecular formula is C14H13ClN2S. The van der Waals surface area contributed by atoms with Gasteiger partial charge in [-0.1, -0.05) is 17.7 Å². The average molecular weight is 277 g/mol. The van der Waals surface area contributed by atoms with Crippen LogP contribution >= 0.6 is 22.9 Å². The van der Waals surface area contributed by atoms with E-state index in [1.165, 1.54) is 10.4 Å². The summed E-state index contributed by atoms with van der Waals surface area (Å²) < 4.78 is 0. The van der Waals surface area contributed by atoms with Gasteiger partial charge in [0, 0.05) is 39.5 Å². The first-order valence-electron chi connectivity index (χ1n) is 5.79. The molecule has 2 heterocycles. The normalized spacial score (nSPS) is 13.0. The Kier molecular flexibility index (Phi) is 3.12. The minimum Gasteiger partial charge on any atom is -0.361 e. The number of fused-ring (bicyclic) bond motifs is 1. The highest BCUT2D eigenvalue weighted by Gasteiger charge is 2.17. The fourth-order valence-corrected chi connectivity index (χ4v) is 3.32. The monoisotopic (exact) mass is 276 g/mol. The van der Waals surface area contributed by atoms with Gasteiger partial charge in [-0.2, -0.15) is 0 Å². The van der Waals surface area contributed by atoms with E-state index in [0.29, 0.717) is 6.54 Å². The molecule has 0 bridgehead atoms. The van der Waals surface area contributed by atoms with Crippen molar-refractivity contribution in [3.8, 4) is 0 Å². The number of aromatic nitrogens is 1. The molecule has 0 amide bonds. The minimum absolute atomic E-state index is 0.234. The molecule has 3 aromatic rings. The molecule has 1 atom stereocenters. The molecule has 18 heavy (non-hydrogen) atoms. The molecule has 2 aromatic heterocycles. The number of aromatic amines is 1. The van der Waals surface area contributed by atoms with Crippen LogP contribution in [0.25, 0.3) is 10.9 Å². The van der Waals surface area contributed by atoms with Gasteiger partial charge in [0.15, 0.2) is 0 Å². The van der Waals surface area contributed by atoms with Crippen molar-refractivity contribution < 1.29 is 0 Å². The van der Waals surface area contributed by atoms with Crippen molar-refractivity contribution in [2.75, 3.05) is 6.54 Å². The predicted octanol–water partition coefficient (Wildman–Crippen LogP) is 3.97. The number of halogens is 1. The Labute approximate surface area is 114 Å². The molecule has 3 rings (SSSR count). The molecule has 0 saturated carbocycles. The van der Waals surface area contributed by atoms with Crippen LogP contribution in [0, 0.1) is 0 Å². The van der Waals surface area contributed by atoms with Gasteiger partial charge in [0.25, 0.3) is 0 Å². The molecule has 0 radical (unpaired) electrons.